The van der Waals surface area contributed by atoms with Crippen molar-refractivity contribution < 1.29 is 95.2 Å². The zero-order chi connectivity index (χ0) is 3.58. The molecular weight excluding hydrogens is 345 g/mol. The second kappa shape index (κ2) is 205. The standard InChI is InChI=1S/La.HNO3.9H2O/c;2-1(3)4;;;;;;;;;/h;(H,2,3,4);9*1H2. The van der Waals surface area contributed by atoms with Crippen LogP contribution in [-0.4, -0.2) is 59.6 Å². The summed E-state index contributed by atoms with van der Waals surface area (Å²) in [5, 5.41) is 13.6. The smallest absolute Gasteiger partial charge is 0.291 e. The topological polar surface area (TPSA) is 347 Å². The minimum Gasteiger partial charge on any atom is -0.412 e. The third-order valence-electron chi connectivity index (χ3n) is 0. The summed E-state index contributed by atoms with van der Waals surface area (Å²) in [5.41, 5.74) is 0. The summed E-state index contributed by atoms with van der Waals surface area (Å²) < 4.78 is 0. The predicted molar refractivity (Wildman–Crippen MR) is 41.3 cm³/mol. The second-order valence-corrected chi connectivity index (χ2v) is 0.238. The van der Waals surface area contributed by atoms with Crippen LogP contribution in [0.5, 0.6) is 0 Å². The van der Waals surface area contributed by atoms with Crippen molar-refractivity contribution in [3.8, 4) is 0 Å². The van der Waals surface area contributed by atoms with Crippen molar-refractivity contribution in [3.63, 3.8) is 0 Å². The number of hydrogen-bond donors (Lipinski definition) is 1. The Bertz CT molecular complexity index is 33.3. The van der Waals surface area contributed by atoms with Crippen molar-refractivity contribution in [3.05, 3.63) is 10.1 Å². The zero-order valence-electron chi connectivity index (χ0n) is 6.79. The van der Waals surface area contributed by atoms with E-state index in [1.807, 2.05) is 0 Å². The fourth-order valence-corrected chi connectivity index (χ4v) is 0. The van der Waals surface area contributed by atoms with Crippen molar-refractivity contribution in [2.45, 2.75) is 0 Å². The molecule has 0 spiro atoms. The molecule has 13 nitrogen and oxygen atoms in total. The number of rotatable bonds is 0. The summed E-state index contributed by atoms with van der Waals surface area (Å²) in [6.45, 7) is 0. The van der Waals surface area contributed by atoms with E-state index in [2.05, 4.69) is 0 Å². The first-order chi connectivity index (χ1) is 1.73. The molecule has 0 aromatic heterocycles. The molecule has 0 aliphatic rings. The van der Waals surface area contributed by atoms with Crippen LogP contribution in [0.3, 0.4) is 0 Å². The van der Waals surface area contributed by atoms with Gasteiger partial charge in [0.25, 0.3) is 5.09 Å². The van der Waals surface area contributed by atoms with Crippen LogP contribution in [0.2, 0.25) is 0 Å². The van der Waals surface area contributed by atoms with E-state index >= 15 is 0 Å². The van der Waals surface area contributed by atoms with E-state index in [1.165, 1.54) is 0 Å². The SMILES string of the molecule is O.O.O.O.O.O.O.O.O.O=[N+]([O-])O.[La]. The minimum absolute atomic E-state index is 0. The normalized spacial score (nSPS) is 1.71. The quantitative estimate of drug-likeness (QED) is 0.323. The van der Waals surface area contributed by atoms with Crippen LogP contribution in [0.15, 0.2) is 0 Å². The van der Waals surface area contributed by atoms with Gasteiger partial charge in [0.15, 0.2) is 0 Å². The van der Waals surface area contributed by atoms with Crippen LogP contribution in [-0.2, 0) is 0 Å². The second-order valence-electron chi connectivity index (χ2n) is 0.238. The fourth-order valence-electron chi connectivity index (χ4n) is 0. The van der Waals surface area contributed by atoms with Crippen LogP contribution in [0.4, 0.5) is 0 Å². The maximum Gasteiger partial charge on any atom is 0.291 e. The Morgan fingerprint density at radius 2 is 0.714 bits per heavy atom. The minimum atomic E-state index is -1.50. The van der Waals surface area contributed by atoms with Gasteiger partial charge < -0.3 is 54.5 Å². The average molecular weight is 364 g/mol. The molecule has 14 heteroatoms. The van der Waals surface area contributed by atoms with E-state index in [0.29, 0.717) is 0 Å². The Morgan fingerprint density at radius 1 is 0.714 bits per heavy atom. The molecule has 1 radical (unpaired) electrons. The molecule has 0 fully saturated rings. The van der Waals surface area contributed by atoms with Gasteiger partial charge in [-0.05, 0) is 0 Å². The Balaban J connectivity index is -0.000000001000. The molecule has 19 N–H and O–H groups in total. The van der Waals surface area contributed by atoms with Gasteiger partial charge in [-0.1, -0.05) is 0 Å². The van der Waals surface area contributed by atoms with Gasteiger partial charge in [-0.15, -0.1) is 10.1 Å². The van der Waals surface area contributed by atoms with Gasteiger partial charge in [0.05, 0.1) is 0 Å². The molecule has 0 unspecified atom stereocenters. The van der Waals surface area contributed by atoms with Gasteiger partial charge >= 0.3 is 0 Å². The van der Waals surface area contributed by atoms with Gasteiger partial charge in [-0.25, -0.2) is 0 Å². The van der Waals surface area contributed by atoms with Crippen molar-refractivity contribution >= 4 is 0 Å². The Kier molecular flexibility index (Phi) is 3790. The molecule has 0 aromatic rings. The van der Waals surface area contributed by atoms with Crippen LogP contribution in [0, 0.1) is 45.7 Å². The summed E-state index contributed by atoms with van der Waals surface area (Å²) in [6, 6.07) is 0. The van der Waals surface area contributed by atoms with E-state index in [9.17, 15) is 0 Å². The Morgan fingerprint density at radius 3 is 0.714 bits per heavy atom. The van der Waals surface area contributed by atoms with Crippen molar-refractivity contribution in [1.29, 1.82) is 0 Å². The molecule has 0 rings (SSSR count). The molecule has 0 bridgehead atoms. The van der Waals surface area contributed by atoms with Gasteiger partial charge in [-0.2, -0.15) is 0 Å². The third-order valence-corrected chi connectivity index (χ3v) is 0. The number of hydrogen-bond acceptors (Lipinski definition) is 2. The summed E-state index contributed by atoms with van der Waals surface area (Å²) in [4.78, 5) is 8.36. The summed E-state index contributed by atoms with van der Waals surface area (Å²) in [6.07, 6.45) is 0. The molecule has 0 aliphatic heterocycles. The van der Waals surface area contributed by atoms with Gasteiger partial charge in [0, 0.05) is 35.6 Å². The largest absolute Gasteiger partial charge is 0.412 e. The molecule has 0 saturated carbocycles. The molecule has 0 atom stereocenters. The van der Waals surface area contributed by atoms with Crippen LogP contribution in [0.25, 0.3) is 0 Å². The third kappa shape index (κ3) is 1210000. The van der Waals surface area contributed by atoms with Crippen molar-refractivity contribution in [1.82, 2.24) is 0 Å². The van der Waals surface area contributed by atoms with Crippen molar-refractivity contribution in [2.24, 2.45) is 0 Å². The molecule has 0 heterocycles. The first kappa shape index (κ1) is 259. The van der Waals surface area contributed by atoms with Crippen LogP contribution < -0.4 is 0 Å². The van der Waals surface area contributed by atoms with E-state index in [-0.39, 0.29) is 84.9 Å². The maximum absolute atomic E-state index is 8.36. The molecule has 99 valence electrons. The van der Waals surface area contributed by atoms with Gasteiger partial charge in [0.1, 0.15) is 0 Å². The van der Waals surface area contributed by atoms with E-state index in [4.69, 9.17) is 15.3 Å². The summed E-state index contributed by atoms with van der Waals surface area (Å²) in [5.74, 6) is 0. The van der Waals surface area contributed by atoms with E-state index in [1.54, 1.807) is 0 Å². The molecule has 0 aliphatic carbocycles. The van der Waals surface area contributed by atoms with Crippen LogP contribution in [0.1, 0.15) is 0 Å². The van der Waals surface area contributed by atoms with Gasteiger partial charge in [0.2, 0.25) is 0 Å². The molecule has 0 aromatic carbocycles. The summed E-state index contributed by atoms with van der Waals surface area (Å²) in [7, 11) is 0. The predicted octanol–water partition coefficient (Wildman–Crippen LogP) is -7.77. The van der Waals surface area contributed by atoms with Crippen LogP contribution >= 0.6 is 0 Å². The molecule has 0 saturated heterocycles. The van der Waals surface area contributed by atoms with Crippen molar-refractivity contribution in [2.75, 3.05) is 0 Å². The Labute approximate surface area is 105 Å². The summed E-state index contributed by atoms with van der Waals surface area (Å²) >= 11 is 0. The molecule has 14 heavy (non-hydrogen) atoms. The molecular formula is H19LaNO12. The fraction of sp³-hybridized carbons (Fsp3) is 0. The Hall–Kier alpha value is 0.0348. The molecule has 0 amide bonds. The monoisotopic (exact) mass is 364 g/mol. The van der Waals surface area contributed by atoms with E-state index < -0.39 is 5.09 Å². The first-order valence-corrected chi connectivity index (χ1v) is 0.565. The first-order valence-electron chi connectivity index (χ1n) is 0.565. The number of nitrogens with zero attached hydrogens (tertiary/aromatic N) is 1. The van der Waals surface area contributed by atoms with E-state index in [0.717, 1.165) is 0 Å². The van der Waals surface area contributed by atoms with Gasteiger partial charge in [-0.3, -0.25) is 0 Å². The average Bonchev–Trinajstić information content (AvgIpc) is 0.811. The maximum atomic E-state index is 8.36. The zero-order valence-corrected chi connectivity index (χ0v) is 10.4.